The number of ether oxygens (including phenoxy) is 1. The minimum Gasteiger partial charge on any atom is -0.379 e. The van der Waals surface area contributed by atoms with Gasteiger partial charge in [-0.25, -0.2) is 0 Å². The maximum atomic E-state index is 12.8. The van der Waals surface area contributed by atoms with Crippen LogP contribution in [0.25, 0.3) is 0 Å². The summed E-state index contributed by atoms with van der Waals surface area (Å²) in [6, 6.07) is 0.214. The Balaban J connectivity index is 2.03. The van der Waals surface area contributed by atoms with Crippen LogP contribution in [0, 0.1) is 5.92 Å². The van der Waals surface area contributed by atoms with Crippen molar-refractivity contribution in [3.05, 3.63) is 0 Å². The van der Waals surface area contributed by atoms with Crippen LogP contribution >= 0.6 is 0 Å². The van der Waals surface area contributed by atoms with Crippen LogP contribution in [0.3, 0.4) is 0 Å². The molecule has 1 heterocycles. The highest BCUT2D eigenvalue weighted by atomic mass is 16.5. The molecule has 2 aliphatic rings. The molecular formula is C15H27N3O3. The van der Waals surface area contributed by atoms with E-state index in [0.29, 0.717) is 13.2 Å². The molecule has 0 aromatic heterocycles. The van der Waals surface area contributed by atoms with E-state index in [4.69, 9.17) is 10.5 Å². The molecule has 0 aromatic carbocycles. The average Bonchev–Trinajstić information content (AvgIpc) is 3.12. The van der Waals surface area contributed by atoms with Gasteiger partial charge in [-0.2, -0.15) is 0 Å². The third-order valence-electron chi connectivity index (χ3n) is 4.43. The molecule has 2 rings (SSSR count). The van der Waals surface area contributed by atoms with Crippen molar-refractivity contribution in [3.63, 3.8) is 0 Å². The monoisotopic (exact) mass is 297 g/mol. The molecule has 2 atom stereocenters. The van der Waals surface area contributed by atoms with E-state index in [2.05, 4.69) is 12.2 Å². The smallest absolute Gasteiger partial charge is 0.237 e. The summed E-state index contributed by atoms with van der Waals surface area (Å²) < 4.78 is 5.48. The van der Waals surface area contributed by atoms with Crippen molar-refractivity contribution < 1.29 is 14.3 Å². The molecule has 6 nitrogen and oxygen atoms in total. The zero-order valence-electron chi connectivity index (χ0n) is 12.8. The van der Waals surface area contributed by atoms with Gasteiger partial charge >= 0.3 is 0 Å². The van der Waals surface area contributed by atoms with Crippen molar-refractivity contribution in [1.82, 2.24) is 10.2 Å². The standard InChI is InChI=1S/C15H27N3O3/c1-2-7-17-13-10-21-9-12(13)15(20)18(8-14(16)19)11-5-3-4-6-11/h11-13,17H,2-10H2,1H3,(H2,16,19). The normalized spacial score (nSPS) is 26.1. The summed E-state index contributed by atoms with van der Waals surface area (Å²) in [4.78, 5) is 25.9. The topological polar surface area (TPSA) is 84.7 Å². The fourth-order valence-corrected chi connectivity index (χ4v) is 3.31. The minimum atomic E-state index is -0.438. The first-order chi connectivity index (χ1) is 10.1. The van der Waals surface area contributed by atoms with E-state index in [0.717, 1.165) is 38.6 Å². The second-order valence-electron chi connectivity index (χ2n) is 6.08. The van der Waals surface area contributed by atoms with Crippen molar-refractivity contribution in [3.8, 4) is 0 Å². The fourth-order valence-electron chi connectivity index (χ4n) is 3.31. The molecular weight excluding hydrogens is 270 g/mol. The number of hydrogen-bond donors (Lipinski definition) is 2. The third kappa shape index (κ3) is 4.17. The molecule has 0 spiro atoms. The number of carbonyl (C=O) groups excluding carboxylic acids is 2. The van der Waals surface area contributed by atoms with Gasteiger partial charge in [-0.05, 0) is 25.8 Å². The maximum absolute atomic E-state index is 12.8. The number of amides is 2. The van der Waals surface area contributed by atoms with Crippen molar-refractivity contribution >= 4 is 11.8 Å². The van der Waals surface area contributed by atoms with Crippen LogP contribution in [-0.2, 0) is 14.3 Å². The SMILES string of the molecule is CCCNC1COCC1C(=O)N(CC(N)=O)C1CCCC1. The first kappa shape index (κ1) is 16.2. The lowest BCUT2D eigenvalue weighted by atomic mass is 10.00. The highest BCUT2D eigenvalue weighted by molar-refractivity contribution is 5.86. The quantitative estimate of drug-likeness (QED) is 0.706. The van der Waals surface area contributed by atoms with Gasteiger partial charge in [0, 0.05) is 12.1 Å². The van der Waals surface area contributed by atoms with E-state index in [1.54, 1.807) is 4.90 Å². The summed E-state index contributed by atoms with van der Waals surface area (Å²) in [7, 11) is 0. The Hall–Kier alpha value is -1.14. The van der Waals surface area contributed by atoms with E-state index < -0.39 is 5.91 Å². The Kier molecular flexibility index (Phi) is 5.99. The Morgan fingerprint density at radius 1 is 1.29 bits per heavy atom. The van der Waals surface area contributed by atoms with Crippen molar-refractivity contribution in [2.45, 2.75) is 51.1 Å². The molecule has 1 aliphatic carbocycles. The van der Waals surface area contributed by atoms with E-state index in [9.17, 15) is 9.59 Å². The first-order valence-electron chi connectivity index (χ1n) is 8.03. The van der Waals surface area contributed by atoms with Gasteiger partial charge in [-0.1, -0.05) is 19.8 Å². The molecule has 0 bridgehead atoms. The largest absolute Gasteiger partial charge is 0.379 e. The summed E-state index contributed by atoms with van der Waals surface area (Å²) in [5.74, 6) is -0.615. The van der Waals surface area contributed by atoms with Crippen LogP contribution < -0.4 is 11.1 Å². The predicted octanol–water partition coefficient (Wildman–Crippen LogP) is 0.258. The zero-order valence-corrected chi connectivity index (χ0v) is 12.8. The van der Waals surface area contributed by atoms with Crippen molar-refractivity contribution in [2.24, 2.45) is 11.7 Å². The summed E-state index contributed by atoms with van der Waals surface area (Å²) in [5.41, 5.74) is 5.33. The Labute approximate surface area is 126 Å². The van der Waals surface area contributed by atoms with Gasteiger partial charge in [0.2, 0.25) is 11.8 Å². The van der Waals surface area contributed by atoms with Crippen LogP contribution in [0.5, 0.6) is 0 Å². The minimum absolute atomic E-state index is 0.0202. The van der Waals surface area contributed by atoms with Gasteiger partial charge in [-0.15, -0.1) is 0 Å². The zero-order chi connectivity index (χ0) is 15.2. The van der Waals surface area contributed by atoms with Gasteiger partial charge in [0.1, 0.15) is 0 Å². The second-order valence-corrected chi connectivity index (χ2v) is 6.08. The van der Waals surface area contributed by atoms with Crippen LogP contribution in [0.4, 0.5) is 0 Å². The third-order valence-corrected chi connectivity index (χ3v) is 4.43. The molecule has 21 heavy (non-hydrogen) atoms. The fraction of sp³-hybridized carbons (Fsp3) is 0.867. The Morgan fingerprint density at radius 3 is 2.62 bits per heavy atom. The van der Waals surface area contributed by atoms with Gasteiger partial charge in [0.15, 0.2) is 0 Å². The summed E-state index contributed by atoms with van der Waals surface area (Å²) in [6.45, 7) is 3.99. The number of nitrogens with one attached hydrogen (secondary N) is 1. The van der Waals surface area contributed by atoms with Gasteiger partial charge in [-0.3, -0.25) is 9.59 Å². The number of nitrogens with two attached hydrogens (primary N) is 1. The van der Waals surface area contributed by atoms with E-state index in [1.165, 1.54) is 0 Å². The number of hydrogen-bond acceptors (Lipinski definition) is 4. The van der Waals surface area contributed by atoms with Crippen LogP contribution in [-0.4, -0.2) is 55.1 Å². The lowest BCUT2D eigenvalue weighted by Crippen LogP contribution is -2.51. The van der Waals surface area contributed by atoms with E-state index in [1.807, 2.05) is 0 Å². The van der Waals surface area contributed by atoms with Gasteiger partial charge in [0.25, 0.3) is 0 Å². The lowest BCUT2D eigenvalue weighted by Gasteiger charge is -2.31. The molecule has 2 fully saturated rings. The van der Waals surface area contributed by atoms with E-state index >= 15 is 0 Å². The number of primary amides is 1. The van der Waals surface area contributed by atoms with Gasteiger partial charge < -0.3 is 20.7 Å². The molecule has 1 saturated carbocycles. The number of rotatable bonds is 7. The second kappa shape index (κ2) is 7.75. The number of carbonyl (C=O) groups is 2. The predicted molar refractivity (Wildman–Crippen MR) is 79.6 cm³/mol. The summed E-state index contributed by atoms with van der Waals surface area (Å²) in [5, 5.41) is 3.37. The van der Waals surface area contributed by atoms with Crippen LogP contribution in [0.15, 0.2) is 0 Å². The summed E-state index contributed by atoms with van der Waals surface area (Å²) >= 11 is 0. The Bertz CT molecular complexity index is 369. The first-order valence-corrected chi connectivity index (χ1v) is 8.03. The molecule has 6 heteroatoms. The highest BCUT2D eigenvalue weighted by Crippen LogP contribution is 2.26. The molecule has 2 amide bonds. The molecule has 0 radical (unpaired) electrons. The van der Waals surface area contributed by atoms with Crippen LogP contribution in [0.1, 0.15) is 39.0 Å². The average molecular weight is 297 g/mol. The molecule has 1 aliphatic heterocycles. The Morgan fingerprint density at radius 2 is 2.00 bits per heavy atom. The molecule has 2 unspecified atom stereocenters. The molecule has 1 saturated heterocycles. The summed E-state index contributed by atoms with van der Waals surface area (Å²) in [6.07, 6.45) is 5.20. The van der Waals surface area contributed by atoms with Crippen LogP contribution in [0.2, 0.25) is 0 Å². The molecule has 0 aromatic rings. The molecule has 120 valence electrons. The molecule has 3 N–H and O–H groups in total. The highest BCUT2D eigenvalue weighted by Gasteiger charge is 2.39. The van der Waals surface area contributed by atoms with Gasteiger partial charge in [0.05, 0.1) is 25.7 Å². The van der Waals surface area contributed by atoms with Crippen molar-refractivity contribution in [2.75, 3.05) is 26.3 Å². The van der Waals surface area contributed by atoms with Crippen molar-refractivity contribution in [1.29, 1.82) is 0 Å². The maximum Gasteiger partial charge on any atom is 0.237 e. The van der Waals surface area contributed by atoms with E-state index in [-0.39, 0.29) is 30.5 Å². The lowest BCUT2D eigenvalue weighted by molar-refractivity contribution is -0.141. The number of nitrogens with zero attached hydrogens (tertiary/aromatic N) is 1.